The molecule has 1 saturated heterocycles. The van der Waals surface area contributed by atoms with Crippen molar-refractivity contribution in [3.63, 3.8) is 0 Å². The highest BCUT2D eigenvalue weighted by molar-refractivity contribution is 5.93. The van der Waals surface area contributed by atoms with Crippen LogP contribution in [0.4, 0.5) is 0 Å². The zero-order chi connectivity index (χ0) is 14.9. The molecule has 0 amide bonds. The van der Waals surface area contributed by atoms with E-state index >= 15 is 0 Å². The van der Waals surface area contributed by atoms with Gasteiger partial charge in [0, 0.05) is 6.54 Å². The van der Waals surface area contributed by atoms with Crippen molar-refractivity contribution in [2.24, 2.45) is 0 Å². The van der Waals surface area contributed by atoms with Gasteiger partial charge in [0.2, 0.25) is 5.43 Å². The van der Waals surface area contributed by atoms with Gasteiger partial charge in [0.1, 0.15) is 28.9 Å². The Morgan fingerprint density at radius 2 is 1.86 bits per heavy atom. The minimum Gasteiger partial charge on any atom is -0.491 e. The summed E-state index contributed by atoms with van der Waals surface area (Å²) >= 11 is 0. The lowest BCUT2D eigenvalue weighted by Gasteiger charge is -2.30. The maximum absolute atomic E-state index is 12.7. The third-order valence-electron chi connectivity index (χ3n) is 4.18. The molecular weight excluding hydrogens is 278 g/mol. The first kappa shape index (κ1) is 13.3. The average Bonchev–Trinajstić information content (AvgIpc) is 2.50. The van der Waals surface area contributed by atoms with Crippen molar-refractivity contribution in [1.82, 2.24) is 4.90 Å². The Labute approximate surface area is 127 Å². The molecule has 0 radical (unpaired) electrons. The lowest BCUT2D eigenvalue weighted by molar-refractivity contribution is 0.147. The quantitative estimate of drug-likeness (QED) is 0.694. The van der Waals surface area contributed by atoms with E-state index in [-0.39, 0.29) is 5.43 Å². The molecule has 2 heterocycles. The van der Waals surface area contributed by atoms with Gasteiger partial charge in [-0.1, -0.05) is 18.2 Å². The number of hydrogen-bond acceptors (Lipinski definition) is 4. The van der Waals surface area contributed by atoms with Gasteiger partial charge >= 0.3 is 0 Å². The number of nitrogens with zero attached hydrogens (tertiary/aromatic N) is 1. The molecule has 3 aromatic rings. The molecule has 0 N–H and O–H groups in total. The van der Waals surface area contributed by atoms with Gasteiger partial charge in [0.05, 0.1) is 5.39 Å². The smallest absolute Gasteiger partial charge is 0.204 e. The Balaban J connectivity index is 1.74. The highest BCUT2D eigenvalue weighted by Crippen LogP contribution is 2.26. The Hall–Kier alpha value is -2.33. The van der Waals surface area contributed by atoms with Crippen molar-refractivity contribution in [2.75, 3.05) is 26.2 Å². The molecule has 0 aliphatic carbocycles. The van der Waals surface area contributed by atoms with Crippen LogP contribution in [-0.2, 0) is 0 Å². The fourth-order valence-electron chi connectivity index (χ4n) is 2.83. The van der Waals surface area contributed by atoms with E-state index in [0.29, 0.717) is 34.3 Å². The minimum absolute atomic E-state index is 0.0311. The molecule has 0 atom stereocenters. The molecule has 4 nitrogen and oxygen atoms in total. The number of para-hydroxylation sites is 1. The van der Waals surface area contributed by atoms with Crippen LogP contribution in [0.15, 0.2) is 51.7 Å². The van der Waals surface area contributed by atoms with Crippen molar-refractivity contribution in [1.29, 1.82) is 0 Å². The van der Waals surface area contributed by atoms with Crippen LogP contribution in [0.3, 0.4) is 0 Å². The van der Waals surface area contributed by atoms with E-state index in [1.54, 1.807) is 6.07 Å². The van der Waals surface area contributed by atoms with E-state index in [1.165, 1.54) is 6.42 Å². The molecule has 1 aliphatic heterocycles. The second-order valence-corrected chi connectivity index (χ2v) is 5.60. The summed E-state index contributed by atoms with van der Waals surface area (Å²) in [7, 11) is 0. The number of ether oxygens (including phenoxy) is 1. The number of rotatable bonds is 4. The predicted octanol–water partition coefficient (Wildman–Crippen LogP) is 3.03. The van der Waals surface area contributed by atoms with Gasteiger partial charge in [-0.25, -0.2) is 0 Å². The molecule has 0 spiro atoms. The Morgan fingerprint density at radius 1 is 1.05 bits per heavy atom. The first-order chi connectivity index (χ1) is 10.8. The van der Waals surface area contributed by atoms with E-state index in [9.17, 15) is 4.79 Å². The van der Waals surface area contributed by atoms with Gasteiger partial charge in [-0.3, -0.25) is 9.69 Å². The third kappa shape index (κ3) is 2.25. The lowest BCUT2D eigenvalue weighted by Crippen LogP contribution is -2.39. The summed E-state index contributed by atoms with van der Waals surface area (Å²) in [6.07, 6.45) is 1.27. The molecule has 0 saturated carbocycles. The highest BCUT2D eigenvalue weighted by atomic mass is 16.5. The molecule has 0 unspecified atom stereocenters. The van der Waals surface area contributed by atoms with Crippen molar-refractivity contribution in [3.8, 4) is 5.75 Å². The number of likely N-dealkylation sites (tertiary alicyclic amines) is 1. The summed E-state index contributed by atoms with van der Waals surface area (Å²) in [5.41, 5.74) is 1.15. The number of fused-ring (bicyclic) bond motifs is 2. The van der Waals surface area contributed by atoms with E-state index < -0.39 is 0 Å². The molecule has 22 heavy (non-hydrogen) atoms. The molecule has 4 rings (SSSR count). The summed E-state index contributed by atoms with van der Waals surface area (Å²) < 4.78 is 11.7. The third-order valence-corrected chi connectivity index (χ3v) is 4.18. The predicted molar refractivity (Wildman–Crippen MR) is 86.5 cm³/mol. The van der Waals surface area contributed by atoms with Gasteiger partial charge in [-0.15, -0.1) is 0 Å². The van der Waals surface area contributed by atoms with Gasteiger partial charge < -0.3 is 9.15 Å². The zero-order valence-corrected chi connectivity index (χ0v) is 12.2. The fourth-order valence-corrected chi connectivity index (χ4v) is 2.83. The molecular formula is C18H17NO3. The topological polar surface area (TPSA) is 42.7 Å². The Kier molecular flexibility index (Phi) is 3.31. The van der Waals surface area contributed by atoms with Crippen LogP contribution in [0.5, 0.6) is 5.75 Å². The Morgan fingerprint density at radius 3 is 2.68 bits per heavy atom. The summed E-state index contributed by atoms with van der Waals surface area (Å²) in [4.78, 5) is 15.1. The van der Waals surface area contributed by atoms with Crippen LogP contribution in [0.25, 0.3) is 21.9 Å². The molecule has 2 aromatic carbocycles. The van der Waals surface area contributed by atoms with Gasteiger partial charge in [-0.2, -0.15) is 0 Å². The zero-order valence-electron chi connectivity index (χ0n) is 12.2. The van der Waals surface area contributed by atoms with Crippen LogP contribution >= 0.6 is 0 Å². The highest BCUT2D eigenvalue weighted by Gasteiger charge is 2.15. The summed E-state index contributed by atoms with van der Waals surface area (Å²) in [6.45, 7) is 3.78. The fraction of sp³-hybridized carbons (Fsp3) is 0.278. The molecule has 1 fully saturated rings. The van der Waals surface area contributed by atoms with Crippen molar-refractivity contribution < 1.29 is 9.15 Å². The monoisotopic (exact) mass is 295 g/mol. The summed E-state index contributed by atoms with van der Waals surface area (Å²) in [5, 5.41) is 1.12. The molecule has 1 aliphatic rings. The van der Waals surface area contributed by atoms with Crippen LogP contribution < -0.4 is 10.2 Å². The van der Waals surface area contributed by atoms with Crippen LogP contribution in [0.1, 0.15) is 6.42 Å². The molecule has 0 bridgehead atoms. The maximum Gasteiger partial charge on any atom is 0.204 e. The lowest BCUT2D eigenvalue weighted by atomic mass is 10.1. The molecule has 4 heteroatoms. The van der Waals surface area contributed by atoms with Gasteiger partial charge in [-0.05, 0) is 43.8 Å². The SMILES string of the molecule is O=c1c2ccccc2oc2cccc(OCCN3CCC3)c12. The van der Waals surface area contributed by atoms with E-state index in [2.05, 4.69) is 4.90 Å². The first-order valence-electron chi connectivity index (χ1n) is 7.63. The largest absolute Gasteiger partial charge is 0.491 e. The standard InChI is InChI=1S/C18H17NO3/c20-18-13-5-1-2-6-14(13)22-16-8-3-7-15(17(16)18)21-12-11-19-9-4-10-19/h1-3,5-8H,4,9-12H2. The maximum atomic E-state index is 12.7. The van der Waals surface area contributed by atoms with Gasteiger partial charge in [0.15, 0.2) is 0 Å². The molecule has 112 valence electrons. The Bertz CT molecular complexity index is 880. The van der Waals surface area contributed by atoms with Gasteiger partial charge in [0.25, 0.3) is 0 Å². The number of hydrogen-bond donors (Lipinski definition) is 0. The molecule has 1 aromatic heterocycles. The van der Waals surface area contributed by atoms with E-state index in [1.807, 2.05) is 36.4 Å². The van der Waals surface area contributed by atoms with Crippen LogP contribution in [0, 0.1) is 0 Å². The number of benzene rings is 2. The normalized spacial score (nSPS) is 15.1. The average molecular weight is 295 g/mol. The minimum atomic E-state index is -0.0311. The second-order valence-electron chi connectivity index (χ2n) is 5.60. The van der Waals surface area contributed by atoms with Crippen LogP contribution in [-0.4, -0.2) is 31.1 Å². The van der Waals surface area contributed by atoms with Crippen molar-refractivity contribution in [2.45, 2.75) is 6.42 Å². The van der Waals surface area contributed by atoms with Crippen LogP contribution in [0.2, 0.25) is 0 Å². The second kappa shape index (κ2) is 5.46. The first-order valence-corrected chi connectivity index (χ1v) is 7.63. The van der Waals surface area contributed by atoms with E-state index in [4.69, 9.17) is 9.15 Å². The summed E-state index contributed by atoms with van der Waals surface area (Å²) in [6, 6.07) is 12.8. The van der Waals surface area contributed by atoms with E-state index in [0.717, 1.165) is 19.6 Å². The van der Waals surface area contributed by atoms with Crippen molar-refractivity contribution >= 4 is 21.9 Å². The van der Waals surface area contributed by atoms with Crippen molar-refractivity contribution in [3.05, 3.63) is 52.7 Å². The summed E-state index contributed by atoms with van der Waals surface area (Å²) in [5.74, 6) is 0.609.